The number of fused-ring (bicyclic) bond motifs is 1. The number of aromatic nitrogens is 2. The maximum atomic E-state index is 13.5. The van der Waals surface area contributed by atoms with E-state index in [9.17, 15) is 25.3 Å². The Balaban J connectivity index is 1.63. The summed E-state index contributed by atoms with van der Waals surface area (Å²) in [6.45, 7) is 0.490. The van der Waals surface area contributed by atoms with Gasteiger partial charge in [0.1, 0.15) is 6.61 Å². The van der Waals surface area contributed by atoms with E-state index in [-0.39, 0.29) is 21.1 Å². The molecule has 3 heterocycles. The quantitative estimate of drug-likeness (QED) is 0.325. The summed E-state index contributed by atoms with van der Waals surface area (Å²) in [7, 11) is -10.9. The van der Waals surface area contributed by atoms with E-state index in [4.69, 9.17) is 4.18 Å². The van der Waals surface area contributed by atoms with Crippen LogP contribution < -0.4 is 0 Å². The molecule has 0 spiro atoms. The van der Waals surface area contributed by atoms with Crippen LogP contribution in [0.2, 0.25) is 0 Å². The lowest BCUT2D eigenvalue weighted by Gasteiger charge is -2.15. The van der Waals surface area contributed by atoms with E-state index < -0.39 is 37.6 Å². The highest BCUT2D eigenvalue weighted by atomic mass is 32.2. The minimum Gasteiger partial charge on any atom is -0.266 e. The van der Waals surface area contributed by atoms with Crippen LogP contribution in [0.25, 0.3) is 22.2 Å². The number of thiol groups is 1. The van der Waals surface area contributed by atoms with E-state index in [2.05, 4.69) is 4.98 Å². The number of pyridine rings is 1. The summed E-state index contributed by atoms with van der Waals surface area (Å²) in [5.41, 5.74) is 1.41. The van der Waals surface area contributed by atoms with Crippen molar-refractivity contribution in [3.05, 3.63) is 78.6 Å². The highest BCUT2D eigenvalue weighted by Crippen LogP contribution is 2.33. The first-order chi connectivity index (χ1) is 17.7. The average Bonchev–Trinajstić information content (AvgIpc) is 3.57. The summed E-state index contributed by atoms with van der Waals surface area (Å²) in [6, 6.07) is 17.3. The molecule has 0 aliphatic carbocycles. The van der Waals surface area contributed by atoms with Crippen molar-refractivity contribution in [2.45, 2.75) is 29.2 Å². The zero-order chi connectivity index (χ0) is 26.2. The largest absolute Gasteiger partial charge is 0.269 e. The van der Waals surface area contributed by atoms with Crippen molar-refractivity contribution < 1.29 is 29.4 Å². The summed E-state index contributed by atoms with van der Waals surface area (Å²) in [5.74, 6) is 0. The van der Waals surface area contributed by atoms with E-state index >= 15 is 0 Å². The summed E-state index contributed by atoms with van der Waals surface area (Å²) >= 11 is 0. The topological polar surface area (TPSA) is 133 Å². The van der Waals surface area contributed by atoms with Crippen LogP contribution in [-0.2, 0) is 41.8 Å². The Morgan fingerprint density at radius 3 is 2.14 bits per heavy atom. The molecule has 13 heteroatoms. The third kappa shape index (κ3) is 4.80. The second-order valence-electron chi connectivity index (χ2n) is 8.45. The Morgan fingerprint density at radius 2 is 1.49 bits per heavy atom. The van der Waals surface area contributed by atoms with E-state index in [0.717, 1.165) is 16.8 Å². The molecule has 0 bridgehead atoms. The fraction of sp³-hybridized carbons (Fsp3) is 0.208. The fourth-order valence-electron chi connectivity index (χ4n) is 4.45. The molecule has 10 nitrogen and oxygen atoms in total. The molecule has 0 atom stereocenters. The van der Waals surface area contributed by atoms with E-state index in [0.29, 0.717) is 29.6 Å². The smallest absolute Gasteiger partial charge is 0.266 e. The molecule has 37 heavy (non-hydrogen) atoms. The van der Waals surface area contributed by atoms with Gasteiger partial charge in [-0.2, -0.15) is 4.31 Å². The van der Waals surface area contributed by atoms with Crippen LogP contribution in [0.3, 0.4) is 0 Å². The highest BCUT2D eigenvalue weighted by Gasteiger charge is 2.28. The van der Waals surface area contributed by atoms with Crippen LogP contribution in [0.4, 0.5) is 0 Å². The van der Waals surface area contributed by atoms with Gasteiger partial charge in [-0.05, 0) is 60.4 Å². The molecule has 0 N–H and O–H groups in total. The van der Waals surface area contributed by atoms with E-state index in [1.165, 1.54) is 40.8 Å². The summed E-state index contributed by atoms with van der Waals surface area (Å²) in [5, 5.41) is 0.442. The van der Waals surface area contributed by atoms with Crippen molar-refractivity contribution >= 4 is 42.1 Å². The van der Waals surface area contributed by atoms with Crippen molar-refractivity contribution in [1.29, 1.82) is 0 Å². The van der Waals surface area contributed by atoms with Gasteiger partial charge < -0.3 is 0 Å². The molecule has 1 aliphatic rings. The van der Waals surface area contributed by atoms with Crippen LogP contribution >= 0.6 is 0 Å². The normalized spacial score (nSPS) is 15.1. The average molecular weight is 562 g/mol. The van der Waals surface area contributed by atoms with E-state index in [1.54, 1.807) is 36.4 Å². The Kier molecular flexibility index (Phi) is 6.89. The first-order valence-corrected chi connectivity index (χ1v) is 15.3. The van der Waals surface area contributed by atoms with Crippen LogP contribution in [0, 0.1) is 0 Å². The first-order valence-electron chi connectivity index (χ1n) is 11.4. The summed E-state index contributed by atoms with van der Waals surface area (Å²) < 4.78 is 82.3. The number of sulfonamides is 1. The molecule has 1 saturated heterocycles. The molecule has 0 saturated carbocycles. The molecule has 194 valence electrons. The maximum Gasteiger partial charge on any atom is 0.269 e. The molecular formula is C24H23N3O7S3. The fourth-order valence-corrected chi connectivity index (χ4v) is 7.70. The summed E-state index contributed by atoms with van der Waals surface area (Å²) in [4.78, 5) is 4.48. The Hall–Kier alpha value is -3.10. The second-order valence-corrected chi connectivity index (χ2v) is 12.9. The van der Waals surface area contributed by atoms with Gasteiger partial charge in [0.2, 0.25) is 10.0 Å². The third-order valence-electron chi connectivity index (χ3n) is 6.20. The lowest BCUT2D eigenvalue weighted by molar-refractivity contribution is 0.317. The van der Waals surface area contributed by atoms with Crippen LogP contribution in [-0.4, -0.2) is 51.6 Å². The van der Waals surface area contributed by atoms with Gasteiger partial charge in [0.15, 0.2) is 5.65 Å². The van der Waals surface area contributed by atoms with Gasteiger partial charge >= 0.3 is 0 Å². The van der Waals surface area contributed by atoms with Gasteiger partial charge in [0.05, 0.1) is 15.5 Å². The Labute approximate surface area is 216 Å². The van der Waals surface area contributed by atoms with Gasteiger partial charge in [-0.15, -0.1) is 0 Å². The predicted octanol–water partition coefficient (Wildman–Crippen LogP) is 2.77. The monoisotopic (exact) mass is 561 g/mol. The molecule has 5 rings (SSSR count). The molecule has 0 unspecified atom stereocenters. The second kappa shape index (κ2) is 9.99. The number of nitrogens with zero attached hydrogens (tertiary/aromatic N) is 3. The number of benzene rings is 2. The zero-order valence-corrected chi connectivity index (χ0v) is 22.0. The SMILES string of the molecule is O=[SH](=O)OCc1cc2c(-c3ccc(S(=O)(=O)N4CCCC4)cc3)ccnc2n1S(=O)(=O)c1ccccc1. The molecule has 2 aromatic heterocycles. The lowest BCUT2D eigenvalue weighted by atomic mass is 10.0. The molecule has 2 aromatic carbocycles. The molecular weight excluding hydrogens is 538 g/mol. The van der Waals surface area contributed by atoms with Crippen molar-refractivity contribution in [1.82, 2.24) is 13.3 Å². The molecule has 4 aromatic rings. The van der Waals surface area contributed by atoms with Gasteiger partial charge in [-0.3, -0.25) is 4.18 Å². The van der Waals surface area contributed by atoms with Gasteiger partial charge in [-0.1, -0.05) is 30.3 Å². The lowest BCUT2D eigenvalue weighted by Crippen LogP contribution is -2.27. The molecule has 1 aliphatic heterocycles. The van der Waals surface area contributed by atoms with Crippen molar-refractivity contribution in [2.75, 3.05) is 13.1 Å². The van der Waals surface area contributed by atoms with Gasteiger partial charge in [-0.25, -0.2) is 34.2 Å². The zero-order valence-electron chi connectivity index (χ0n) is 19.4. The molecule has 0 amide bonds. The first kappa shape index (κ1) is 25.5. The Bertz CT molecular complexity index is 1730. The minimum atomic E-state index is -4.14. The third-order valence-corrected chi connectivity index (χ3v) is 10.2. The minimum absolute atomic E-state index is 0.00364. The molecule has 0 radical (unpaired) electrons. The standard InChI is InChI=1S/C24H23N3O7S3/c28-35(29)34-17-19-16-23-22(18-8-10-21(11-9-18)36(30,31)26-14-4-5-15-26)12-13-25-24(23)27(19)37(32,33)20-6-2-1-3-7-20/h1-3,6-13,16,35H,4-5,14-15,17H2. The Morgan fingerprint density at radius 1 is 0.838 bits per heavy atom. The van der Waals surface area contributed by atoms with Crippen LogP contribution in [0.1, 0.15) is 18.5 Å². The van der Waals surface area contributed by atoms with E-state index in [1.807, 2.05) is 0 Å². The number of hydrogen-bond donors (Lipinski definition) is 1. The summed E-state index contributed by atoms with van der Waals surface area (Å²) in [6.07, 6.45) is 3.12. The van der Waals surface area contributed by atoms with Crippen molar-refractivity contribution in [2.24, 2.45) is 0 Å². The van der Waals surface area contributed by atoms with Crippen LogP contribution in [0.5, 0.6) is 0 Å². The predicted molar refractivity (Wildman–Crippen MR) is 137 cm³/mol. The maximum absolute atomic E-state index is 13.5. The van der Waals surface area contributed by atoms with Gasteiger partial charge in [0, 0.05) is 24.7 Å². The van der Waals surface area contributed by atoms with Crippen LogP contribution in [0.15, 0.2) is 82.7 Å². The number of rotatable bonds is 8. The van der Waals surface area contributed by atoms with Crippen molar-refractivity contribution in [3.63, 3.8) is 0 Å². The van der Waals surface area contributed by atoms with Gasteiger partial charge in [0.25, 0.3) is 21.0 Å². The van der Waals surface area contributed by atoms with Crippen molar-refractivity contribution in [3.8, 4) is 11.1 Å². The molecule has 1 fully saturated rings. The number of hydrogen-bond acceptors (Lipinski definition) is 8. The highest BCUT2D eigenvalue weighted by molar-refractivity contribution is 7.90.